The van der Waals surface area contributed by atoms with Gasteiger partial charge in [-0.05, 0) is 74.5 Å². The van der Waals surface area contributed by atoms with Crippen molar-refractivity contribution in [2.24, 2.45) is 0 Å². The number of benzene rings is 3. The lowest BCUT2D eigenvalue weighted by atomic mass is 10.1. The second-order valence-electron chi connectivity index (χ2n) is 7.29. The highest BCUT2D eigenvalue weighted by molar-refractivity contribution is 9.10. The van der Waals surface area contributed by atoms with Crippen molar-refractivity contribution >= 4 is 39.1 Å². The van der Waals surface area contributed by atoms with Crippen molar-refractivity contribution in [1.82, 2.24) is 9.78 Å². The highest BCUT2D eigenvalue weighted by Crippen LogP contribution is 2.24. The third-order valence-corrected chi connectivity index (χ3v) is 5.57. The third-order valence-electron chi connectivity index (χ3n) is 5.04. The molecule has 0 unspecified atom stereocenters. The maximum atomic E-state index is 12.8. The Bertz CT molecular complexity index is 1260. The van der Waals surface area contributed by atoms with Crippen molar-refractivity contribution in [2.45, 2.75) is 13.8 Å². The van der Waals surface area contributed by atoms with E-state index in [0.29, 0.717) is 22.5 Å². The van der Waals surface area contributed by atoms with Gasteiger partial charge >= 0.3 is 0 Å². The Morgan fingerprint density at radius 1 is 0.781 bits per heavy atom. The van der Waals surface area contributed by atoms with Crippen LogP contribution in [0.3, 0.4) is 0 Å². The van der Waals surface area contributed by atoms with Gasteiger partial charge in [0.25, 0.3) is 11.8 Å². The maximum Gasteiger partial charge on any atom is 0.255 e. The lowest BCUT2D eigenvalue weighted by molar-refractivity contribution is 0.102. The molecule has 2 amide bonds. The normalized spacial score (nSPS) is 10.6. The first-order valence-electron chi connectivity index (χ1n) is 10.0. The Labute approximate surface area is 194 Å². The fourth-order valence-electron chi connectivity index (χ4n) is 3.34. The Morgan fingerprint density at radius 2 is 1.34 bits per heavy atom. The van der Waals surface area contributed by atoms with E-state index in [9.17, 15) is 9.59 Å². The van der Waals surface area contributed by atoms with Gasteiger partial charge < -0.3 is 10.6 Å². The molecule has 0 bridgehead atoms. The average molecular weight is 489 g/mol. The number of carbonyl (C=O) groups is 2. The van der Waals surface area contributed by atoms with E-state index in [1.807, 2.05) is 61.0 Å². The summed E-state index contributed by atoms with van der Waals surface area (Å²) in [5.74, 6) is -0.455. The lowest BCUT2D eigenvalue weighted by Gasteiger charge is -2.09. The molecule has 0 spiro atoms. The number of amides is 2. The molecule has 7 heteroatoms. The number of rotatable bonds is 5. The summed E-state index contributed by atoms with van der Waals surface area (Å²) in [5, 5.41) is 10.4. The van der Waals surface area contributed by atoms with Crippen LogP contribution < -0.4 is 10.6 Å². The number of para-hydroxylation sites is 1. The van der Waals surface area contributed by atoms with Gasteiger partial charge in [0.05, 0.1) is 22.8 Å². The van der Waals surface area contributed by atoms with Gasteiger partial charge in [0.15, 0.2) is 0 Å². The predicted octanol–water partition coefficient (Wildman–Crippen LogP) is 5.76. The number of nitrogens with zero attached hydrogens (tertiary/aromatic N) is 2. The first-order valence-corrected chi connectivity index (χ1v) is 10.8. The highest BCUT2D eigenvalue weighted by atomic mass is 79.9. The van der Waals surface area contributed by atoms with Crippen LogP contribution in [0.5, 0.6) is 0 Å². The van der Waals surface area contributed by atoms with Gasteiger partial charge in [-0.25, -0.2) is 4.68 Å². The van der Waals surface area contributed by atoms with Crippen LogP contribution in [0.1, 0.15) is 32.1 Å². The Balaban J connectivity index is 1.46. The molecule has 1 aromatic heterocycles. The molecule has 0 fully saturated rings. The summed E-state index contributed by atoms with van der Waals surface area (Å²) in [6.07, 6.45) is 0. The van der Waals surface area contributed by atoms with Crippen LogP contribution in [0.25, 0.3) is 5.69 Å². The Morgan fingerprint density at radius 3 is 1.97 bits per heavy atom. The summed E-state index contributed by atoms with van der Waals surface area (Å²) in [5.41, 5.74) is 4.84. The molecule has 0 atom stereocenters. The van der Waals surface area contributed by atoms with Crippen LogP contribution in [-0.4, -0.2) is 21.6 Å². The maximum absolute atomic E-state index is 12.8. The molecule has 0 aliphatic heterocycles. The second-order valence-corrected chi connectivity index (χ2v) is 8.20. The van der Waals surface area contributed by atoms with Gasteiger partial charge in [-0.1, -0.05) is 34.1 Å². The van der Waals surface area contributed by atoms with E-state index in [-0.39, 0.29) is 11.8 Å². The average Bonchev–Trinajstić information content (AvgIpc) is 3.09. The molecule has 0 aliphatic carbocycles. The summed E-state index contributed by atoms with van der Waals surface area (Å²) in [7, 11) is 0. The number of hydrogen-bond acceptors (Lipinski definition) is 3. The quantitative estimate of drug-likeness (QED) is 0.375. The summed E-state index contributed by atoms with van der Waals surface area (Å²) >= 11 is 3.35. The Kier molecular flexibility index (Phi) is 6.18. The predicted molar refractivity (Wildman–Crippen MR) is 130 cm³/mol. The van der Waals surface area contributed by atoms with Gasteiger partial charge in [0.2, 0.25) is 0 Å². The molecule has 0 radical (unpaired) electrons. The minimum Gasteiger partial charge on any atom is -0.322 e. The third kappa shape index (κ3) is 4.63. The molecule has 32 heavy (non-hydrogen) atoms. The molecule has 0 saturated heterocycles. The van der Waals surface area contributed by atoms with Crippen molar-refractivity contribution in [3.63, 3.8) is 0 Å². The topological polar surface area (TPSA) is 76.0 Å². The first kappa shape index (κ1) is 21.5. The van der Waals surface area contributed by atoms with Gasteiger partial charge in [0, 0.05) is 21.3 Å². The molecular formula is C25H21BrN4O2. The highest BCUT2D eigenvalue weighted by Gasteiger charge is 2.16. The second kappa shape index (κ2) is 9.20. The fraction of sp³-hybridized carbons (Fsp3) is 0.0800. The summed E-state index contributed by atoms with van der Waals surface area (Å²) in [6, 6.07) is 23.6. The van der Waals surface area contributed by atoms with Crippen LogP contribution in [0, 0.1) is 13.8 Å². The molecular weight excluding hydrogens is 468 g/mol. The molecule has 160 valence electrons. The number of carbonyl (C=O) groups excluding carboxylic acids is 2. The monoisotopic (exact) mass is 488 g/mol. The smallest absolute Gasteiger partial charge is 0.255 e. The van der Waals surface area contributed by atoms with Crippen molar-refractivity contribution in [3.8, 4) is 5.69 Å². The van der Waals surface area contributed by atoms with Crippen LogP contribution >= 0.6 is 15.9 Å². The molecule has 3 aromatic carbocycles. The Hall–Kier alpha value is -3.71. The van der Waals surface area contributed by atoms with Crippen LogP contribution in [-0.2, 0) is 0 Å². The molecule has 2 N–H and O–H groups in total. The first-order chi connectivity index (χ1) is 15.4. The van der Waals surface area contributed by atoms with Gasteiger partial charge in [-0.2, -0.15) is 5.10 Å². The van der Waals surface area contributed by atoms with E-state index in [1.165, 1.54) is 0 Å². The molecule has 0 aliphatic rings. The van der Waals surface area contributed by atoms with Crippen LogP contribution in [0.4, 0.5) is 11.4 Å². The fourth-order valence-corrected chi connectivity index (χ4v) is 3.60. The van der Waals surface area contributed by atoms with E-state index < -0.39 is 0 Å². The number of halogens is 1. The molecule has 1 heterocycles. The summed E-state index contributed by atoms with van der Waals surface area (Å²) < 4.78 is 2.72. The van der Waals surface area contributed by atoms with E-state index in [1.54, 1.807) is 36.4 Å². The van der Waals surface area contributed by atoms with E-state index in [4.69, 9.17) is 0 Å². The molecule has 4 aromatic rings. The summed E-state index contributed by atoms with van der Waals surface area (Å²) in [4.78, 5) is 25.2. The minimum absolute atomic E-state index is 0.214. The van der Waals surface area contributed by atoms with Crippen molar-refractivity contribution in [2.75, 3.05) is 10.6 Å². The number of aromatic nitrogens is 2. The molecule has 4 rings (SSSR count). The molecule has 0 saturated carbocycles. The standard InChI is InChI=1S/C25H21BrN4O2/c1-16-23(17(2)30(29-16)22-6-4-3-5-7-22)28-25(32)19-10-14-21(15-11-19)27-24(31)18-8-12-20(26)13-9-18/h3-15H,1-2H3,(H,27,31)(H,28,32). The number of hydrogen-bond donors (Lipinski definition) is 2. The van der Waals surface area contributed by atoms with Gasteiger partial charge in [-0.3, -0.25) is 9.59 Å². The summed E-state index contributed by atoms with van der Waals surface area (Å²) in [6.45, 7) is 3.78. The number of anilines is 2. The zero-order valence-electron chi connectivity index (χ0n) is 17.6. The number of nitrogens with one attached hydrogen (secondary N) is 2. The van der Waals surface area contributed by atoms with Crippen molar-refractivity contribution in [1.29, 1.82) is 0 Å². The van der Waals surface area contributed by atoms with E-state index in [0.717, 1.165) is 21.5 Å². The largest absolute Gasteiger partial charge is 0.322 e. The zero-order valence-corrected chi connectivity index (χ0v) is 19.2. The SMILES string of the molecule is Cc1nn(-c2ccccc2)c(C)c1NC(=O)c1ccc(NC(=O)c2ccc(Br)cc2)cc1. The van der Waals surface area contributed by atoms with Gasteiger partial charge in [-0.15, -0.1) is 0 Å². The van der Waals surface area contributed by atoms with Crippen molar-refractivity contribution < 1.29 is 9.59 Å². The van der Waals surface area contributed by atoms with Crippen LogP contribution in [0.2, 0.25) is 0 Å². The van der Waals surface area contributed by atoms with Crippen LogP contribution in [0.15, 0.2) is 83.3 Å². The number of aryl methyl sites for hydroxylation is 1. The van der Waals surface area contributed by atoms with E-state index >= 15 is 0 Å². The van der Waals surface area contributed by atoms with Crippen molar-refractivity contribution in [3.05, 3.63) is 106 Å². The minimum atomic E-state index is -0.241. The molecule has 6 nitrogen and oxygen atoms in total. The van der Waals surface area contributed by atoms with E-state index in [2.05, 4.69) is 31.7 Å². The van der Waals surface area contributed by atoms with Gasteiger partial charge in [0.1, 0.15) is 0 Å². The zero-order chi connectivity index (χ0) is 22.7. The lowest BCUT2D eigenvalue weighted by Crippen LogP contribution is -2.14.